The lowest BCUT2D eigenvalue weighted by molar-refractivity contribution is 0.0997. The summed E-state index contributed by atoms with van der Waals surface area (Å²) in [6, 6.07) is 23.4. The van der Waals surface area contributed by atoms with Gasteiger partial charge in [-0.1, -0.05) is 47.5 Å². The predicted molar refractivity (Wildman–Crippen MR) is 122 cm³/mol. The highest BCUT2D eigenvalue weighted by atomic mass is 35.5. The van der Waals surface area contributed by atoms with Gasteiger partial charge in [-0.25, -0.2) is 4.98 Å². The molecular formula is C24H14Cl2N2O3. The Bertz CT molecular complexity index is 1410. The highest BCUT2D eigenvalue weighted by molar-refractivity contribution is 6.43. The topological polar surface area (TPSA) is 68.3 Å². The number of rotatable bonds is 4. The second-order valence-electron chi connectivity index (χ2n) is 6.79. The van der Waals surface area contributed by atoms with E-state index in [1.165, 1.54) is 0 Å². The number of benzene rings is 3. The highest BCUT2D eigenvalue weighted by Crippen LogP contribution is 2.34. The third-order valence-corrected chi connectivity index (χ3v) is 5.53. The van der Waals surface area contributed by atoms with E-state index in [9.17, 15) is 4.79 Å². The van der Waals surface area contributed by atoms with Crippen molar-refractivity contribution < 1.29 is 13.6 Å². The predicted octanol–water partition coefficient (Wildman–Crippen LogP) is 7.31. The van der Waals surface area contributed by atoms with E-state index in [1.807, 2.05) is 30.3 Å². The molecule has 3 aromatic carbocycles. The molecule has 7 heteroatoms. The van der Waals surface area contributed by atoms with Crippen LogP contribution in [-0.2, 0) is 0 Å². The Morgan fingerprint density at radius 3 is 2.55 bits per heavy atom. The number of furan rings is 1. The molecule has 0 saturated carbocycles. The van der Waals surface area contributed by atoms with Crippen molar-refractivity contribution >= 4 is 45.9 Å². The quantitative estimate of drug-likeness (QED) is 0.312. The van der Waals surface area contributed by atoms with Crippen molar-refractivity contribution in [3.8, 4) is 22.8 Å². The average Bonchev–Trinajstić information content (AvgIpc) is 3.43. The molecule has 5 aromatic rings. The Morgan fingerprint density at radius 2 is 1.71 bits per heavy atom. The molecule has 0 fully saturated rings. The van der Waals surface area contributed by atoms with E-state index in [2.05, 4.69) is 10.3 Å². The van der Waals surface area contributed by atoms with Crippen LogP contribution in [0.5, 0.6) is 0 Å². The lowest BCUT2D eigenvalue weighted by Crippen LogP contribution is -2.10. The molecule has 31 heavy (non-hydrogen) atoms. The van der Waals surface area contributed by atoms with Crippen LogP contribution in [0.2, 0.25) is 10.0 Å². The van der Waals surface area contributed by atoms with Crippen molar-refractivity contribution in [1.29, 1.82) is 0 Å². The summed E-state index contributed by atoms with van der Waals surface area (Å²) in [4.78, 5) is 17.2. The molecule has 0 aliphatic rings. The van der Waals surface area contributed by atoms with Gasteiger partial charge in [-0.15, -0.1) is 0 Å². The molecule has 0 spiro atoms. The monoisotopic (exact) mass is 448 g/mol. The van der Waals surface area contributed by atoms with Crippen molar-refractivity contribution in [1.82, 2.24) is 4.98 Å². The summed E-state index contributed by atoms with van der Waals surface area (Å²) in [6.07, 6.45) is 0. The van der Waals surface area contributed by atoms with Gasteiger partial charge in [0.25, 0.3) is 5.91 Å². The van der Waals surface area contributed by atoms with Gasteiger partial charge in [-0.2, -0.15) is 0 Å². The number of amides is 1. The van der Waals surface area contributed by atoms with Crippen molar-refractivity contribution in [2.75, 3.05) is 5.32 Å². The molecule has 0 atom stereocenters. The van der Waals surface area contributed by atoms with E-state index >= 15 is 0 Å². The van der Waals surface area contributed by atoms with Gasteiger partial charge in [0.2, 0.25) is 5.89 Å². The van der Waals surface area contributed by atoms with E-state index in [1.54, 1.807) is 48.5 Å². The number of halogens is 2. The summed E-state index contributed by atoms with van der Waals surface area (Å²) >= 11 is 12.3. The summed E-state index contributed by atoms with van der Waals surface area (Å²) in [5, 5.41) is 3.60. The molecule has 0 saturated heterocycles. The molecule has 0 radical (unpaired) electrons. The van der Waals surface area contributed by atoms with Crippen molar-refractivity contribution in [3.63, 3.8) is 0 Å². The number of carbonyl (C=O) groups is 1. The van der Waals surface area contributed by atoms with Crippen molar-refractivity contribution in [2.24, 2.45) is 0 Å². The number of nitrogens with one attached hydrogen (secondary N) is 1. The van der Waals surface area contributed by atoms with Crippen LogP contribution in [0, 0.1) is 0 Å². The number of oxazole rings is 1. The smallest absolute Gasteiger partial charge is 0.291 e. The van der Waals surface area contributed by atoms with Gasteiger partial charge in [0.1, 0.15) is 11.3 Å². The largest absolute Gasteiger partial charge is 0.451 e. The second-order valence-corrected chi connectivity index (χ2v) is 7.57. The van der Waals surface area contributed by atoms with Gasteiger partial charge in [-0.3, -0.25) is 4.79 Å². The maximum atomic E-state index is 12.7. The maximum absolute atomic E-state index is 12.7. The van der Waals surface area contributed by atoms with Gasteiger partial charge in [-0.05, 0) is 54.6 Å². The van der Waals surface area contributed by atoms with E-state index in [-0.39, 0.29) is 5.76 Å². The molecule has 152 valence electrons. The summed E-state index contributed by atoms with van der Waals surface area (Å²) in [6.45, 7) is 0. The summed E-state index contributed by atoms with van der Waals surface area (Å²) in [5.74, 6) is 0.733. The van der Waals surface area contributed by atoms with Crippen LogP contribution in [0.3, 0.4) is 0 Å². The van der Waals surface area contributed by atoms with Crippen LogP contribution in [-0.4, -0.2) is 10.9 Å². The fraction of sp³-hybridized carbons (Fsp3) is 0. The molecule has 1 amide bonds. The first kappa shape index (κ1) is 19.4. The number of anilines is 1. The van der Waals surface area contributed by atoms with E-state index < -0.39 is 5.91 Å². The van der Waals surface area contributed by atoms with Crippen LogP contribution in [0.25, 0.3) is 33.9 Å². The normalized spacial score (nSPS) is 11.0. The number of hydrogen-bond donors (Lipinski definition) is 1. The fourth-order valence-electron chi connectivity index (χ4n) is 3.20. The lowest BCUT2D eigenvalue weighted by atomic mass is 10.2. The molecule has 5 nitrogen and oxygen atoms in total. The molecule has 1 N–H and O–H groups in total. The van der Waals surface area contributed by atoms with Gasteiger partial charge in [0.05, 0.1) is 10.0 Å². The third kappa shape index (κ3) is 3.81. The van der Waals surface area contributed by atoms with Crippen molar-refractivity contribution in [2.45, 2.75) is 0 Å². The molecule has 0 unspecified atom stereocenters. The van der Waals surface area contributed by atoms with Gasteiger partial charge >= 0.3 is 0 Å². The Balaban J connectivity index is 1.38. The van der Waals surface area contributed by atoms with Crippen LogP contribution in [0.4, 0.5) is 5.69 Å². The highest BCUT2D eigenvalue weighted by Gasteiger charge is 2.16. The fourth-order valence-corrected chi connectivity index (χ4v) is 3.59. The van der Waals surface area contributed by atoms with Crippen LogP contribution < -0.4 is 5.32 Å². The van der Waals surface area contributed by atoms with Gasteiger partial charge in [0, 0.05) is 16.8 Å². The zero-order valence-corrected chi connectivity index (χ0v) is 17.4. The second kappa shape index (κ2) is 7.95. The van der Waals surface area contributed by atoms with Gasteiger partial charge < -0.3 is 14.2 Å². The zero-order valence-electron chi connectivity index (χ0n) is 15.9. The minimum absolute atomic E-state index is 0.149. The number of hydrogen-bond acceptors (Lipinski definition) is 4. The van der Waals surface area contributed by atoms with Crippen LogP contribution in [0.1, 0.15) is 10.6 Å². The molecule has 5 rings (SSSR count). The van der Waals surface area contributed by atoms with Crippen molar-refractivity contribution in [3.05, 3.63) is 94.7 Å². The summed E-state index contributed by atoms with van der Waals surface area (Å²) in [5.41, 5.74) is 3.34. The molecule has 2 aromatic heterocycles. The minimum atomic E-state index is -0.393. The average molecular weight is 449 g/mol. The third-order valence-electron chi connectivity index (χ3n) is 4.71. The first-order valence-corrected chi connectivity index (χ1v) is 10.2. The molecule has 0 aliphatic heterocycles. The van der Waals surface area contributed by atoms with E-state index in [0.29, 0.717) is 44.0 Å². The summed E-state index contributed by atoms with van der Waals surface area (Å²) in [7, 11) is 0. The van der Waals surface area contributed by atoms with Crippen LogP contribution in [0.15, 0.2) is 87.7 Å². The number of carbonyl (C=O) groups excluding carboxylic acids is 1. The SMILES string of the molecule is O=C(Nc1ccc2oc(-c3ccccc3)nc2c1)c1ccc(-c2cccc(Cl)c2Cl)o1. The number of nitrogens with zero attached hydrogens (tertiary/aromatic N) is 1. The standard InChI is InChI=1S/C24H14Cl2N2O3/c25-17-8-4-7-16(22(17)26)19-11-12-21(30-19)23(29)27-15-9-10-20-18(13-15)28-24(31-20)14-5-2-1-3-6-14/h1-13H,(H,27,29). The summed E-state index contributed by atoms with van der Waals surface area (Å²) < 4.78 is 11.5. The Morgan fingerprint density at radius 1 is 0.871 bits per heavy atom. The number of fused-ring (bicyclic) bond motifs is 1. The van der Waals surface area contributed by atoms with Crippen LogP contribution >= 0.6 is 23.2 Å². The van der Waals surface area contributed by atoms with E-state index in [0.717, 1.165) is 5.56 Å². The Hall–Kier alpha value is -3.54. The van der Waals surface area contributed by atoms with E-state index in [4.69, 9.17) is 32.0 Å². The van der Waals surface area contributed by atoms with Gasteiger partial charge in [0.15, 0.2) is 11.3 Å². The first-order valence-electron chi connectivity index (χ1n) is 9.40. The number of aromatic nitrogens is 1. The zero-order chi connectivity index (χ0) is 21.4. The lowest BCUT2D eigenvalue weighted by Gasteiger charge is -2.04. The Labute approximate surface area is 187 Å². The first-order chi connectivity index (χ1) is 15.1. The molecule has 0 bridgehead atoms. The molecule has 2 heterocycles. The maximum Gasteiger partial charge on any atom is 0.291 e. The Kier molecular flexibility index (Phi) is 4.98. The minimum Gasteiger partial charge on any atom is -0.451 e. The molecular weight excluding hydrogens is 435 g/mol. The molecule has 0 aliphatic carbocycles.